The number of carbonyl (C=O) groups is 1. The summed E-state index contributed by atoms with van der Waals surface area (Å²) in [5.74, 6) is 0.605. The van der Waals surface area contributed by atoms with Gasteiger partial charge in [0.1, 0.15) is 0 Å². The number of hydrogen-bond donors (Lipinski definition) is 1. The van der Waals surface area contributed by atoms with Gasteiger partial charge in [0.05, 0.1) is 12.6 Å². The van der Waals surface area contributed by atoms with Crippen LogP contribution in [-0.2, 0) is 9.53 Å². The fourth-order valence-corrected chi connectivity index (χ4v) is 2.32. The van der Waals surface area contributed by atoms with Crippen LogP contribution in [0.5, 0.6) is 0 Å². The van der Waals surface area contributed by atoms with Crippen LogP contribution in [0.4, 0.5) is 0 Å². The van der Waals surface area contributed by atoms with Crippen molar-refractivity contribution in [3.8, 4) is 0 Å². The molecule has 0 atom stereocenters. The van der Waals surface area contributed by atoms with Gasteiger partial charge in [-0.15, -0.1) is 0 Å². The van der Waals surface area contributed by atoms with Gasteiger partial charge in [0.2, 0.25) is 0 Å². The summed E-state index contributed by atoms with van der Waals surface area (Å²) in [5, 5.41) is 3.37. The molecular weight excluding hydrogens is 228 g/mol. The van der Waals surface area contributed by atoms with E-state index in [-0.39, 0.29) is 12.1 Å². The predicted octanol–water partition coefficient (Wildman–Crippen LogP) is 1.65. The first-order valence-electron chi connectivity index (χ1n) is 7.13. The largest absolute Gasteiger partial charge is 0.462 e. The number of piperidine rings is 1. The van der Waals surface area contributed by atoms with E-state index in [1.54, 1.807) is 0 Å². The van der Waals surface area contributed by atoms with Gasteiger partial charge in [-0.25, -0.2) is 0 Å². The second-order valence-electron chi connectivity index (χ2n) is 5.76. The topological polar surface area (TPSA) is 41.6 Å². The number of esters is 1. The predicted molar refractivity (Wildman–Crippen MR) is 73.5 cm³/mol. The second-order valence-corrected chi connectivity index (χ2v) is 5.76. The Morgan fingerprint density at radius 2 is 1.89 bits per heavy atom. The van der Waals surface area contributed by atoms with Gasteiger partial charge in [0.15, 0.2) is 0 Å². The monoisotopic (exact) mass is 256 g/mol. The number of nitrogens with zero attached hydrogens (tertiary/aromatic N) is 1. The summed E-state index contributed by atoms with van der Waals surface area (Å²) in [6.45, 7) is 11.7. The van der Waals surface area contributed by atoms with Crippen molar-refractivity contribution < 1.29 is 9.53 Å². The molecule has 0 spiro atoms. The van der Waals surface area contributed by atoms with E-state index in [4.69, 9.17) is 4.74 Å². The molecule has 0 aromatic rings. The van der Waals surface area contributed by atoms with Crippen molar-refractivity contribution in [2.24, 2.45) is 5.92 Å². The molecule has 0 aliphatic carbocycles. The Kier molecular flexibility index (Phi) is 6.65. The molecule has 1 rings (SSSR count). The van der Waals surface area contributed by atoms with Crippen molar-refractivity contribution >= 4 is 5.97 Å². The molecule has 0 aromatic heterocycles. The van der Waals surface area contributed by atoms with Crippen LogP contribution in [0.3, 0.4) is 0 Å². The maximum Gasteiger partial charge on any atom is 0.320 e. The zero-order chi connectivity index (χ0) is 13.5. The van der Waals surface area contributed by atoms with Crippen molar-refractivity contribution in [2.75, 3.05) is 26.2 Å². The lowest BCUT2D eigenvalue weighted by Gasteiger charge is -2.32. The smallest absolute Gasteiger partial charge is 0.320 e. The highest BCUT2D eigenvalue weighted by Crippen LogP contribution is 2.15. The first kappa shape index (κ1) is 15.4. The number of hydrogen-bond acceptors (Lipinski definition) is 4. The average Bonchev–Trinajstić information content (AvgIpc) is 2.28. The highest BCUT2D eigenvalue weighted by atomic mass is 16.5. The van der Waals surface area contributed by atoms with Crippen LogP contribution in [0, 0.1) is 5.92 Å². The third-order valence-electron chi connectivity index (χ3n) is 3.38. The number of ether oxygens (including phenoxy) is 1. The van der Waals surface area contributed by atoms with Crippen molar-refractivity contribution in [1.82, 2.24) is 10.2 Å². The molecule has 0 saturated carbocycles. The molecule has 1 saturated heterocycles. The Morgan fingerprint density at radius 1 is 1.28 bits per heavy atom. The molecule has 1 aliphatic heterocycles. The van der Waals surface area contributed by atoms with Crippen molar-refractivity contribution in [3.05, 3.63) is 0 Å². The lowest BCUT2D eigenvalue weighted by atomic mass is 9.97. The summed E-state index contributed by atoms with van der Waals surface area (Å²) < 4.78 is 5.23. The molecule has 0 bridgehead atoms. The molecule has 1 N–H and O–H groups in total. The fourth-order valence-electron chi connectivity index (χ4n) is 2.32. The van der Waals surface area contributed by atoms with Crippen LogP contribution < -0.4 is 5.32 Å². The normalized spacial score (nSPS) is 17.7. The Hall–Kier alpha value is -0.610. The summed E-state index contributed by atoms with van der Waals surface area (Å²) in [6, 6.07) is 0.389. The minimum absolute atomic E-state index is 0.0228. The highest BCUT2D eigenvalue weighted by Gasteiger charge is 2.21. The molecule has 4 nitrogen and oxygen atoms in total. The standard InChI is InChI=1S/C14H28N2O2/c1-11(2)16(10-14(17)18-12(3)4)9-13-5-7-15-8-6-13/h11-13,15H,5-10H2,1-4H3. The van der Waals surface area contributed by atoms with E-state index in [1.165, 1.54) is 12.8 Å². The summed E-state index contributed by atoms with van der Waals surface area (Å²) >= 11 is 0. The first-order valence-corrected chi connectivity index (χ1v) is 7.13. The molecule has 4 heteroatoms. The summed E-state index contributed by atoms with van der Waals surface area (Å²) in [5.41, 5.74) is 0. The molecule has 0 amide bonds. The van der Waals surface area contributed by atoms with E-state index < -0.39 is 0 Å². The van der Waals surface area contributed by atoms with Gasteiger partial charge in [-0.2, -0.15) is 0 Å². The van der Waals surface area contributed by atoms with Gasteiger partial charge in [-0.05, 0) is 59.5 Å². The van der Waals surface area contributed by atoms with E-state index in [2.05, 4.69) is 24.1 Å². The Bertz CT molecular complexity index is 248. The van der Waals surface area contributed by atoms with Gasteiger partial charge in [0.25, 0.3) is 0 Å². The minimum Gasteiger partial charge on any atom is -0.462 e. The van der Waals surface area contributed by atoms with Crippen LogP contribution in [0.1, 0.15) is 40.5 Å². The molecule has 0 aromatic carbocycles. The van der Waals surface area contributed by atoms with Crippen LogP contribution in [0.25, 0.3) is 0 Å². The maximum atomic E-state index is 11.7. The average molecular weight is 256 g/mol. The Balaban J connectivity index is 2.41. The molecule has 18 heavy (non-hydrogen) atoms. The molecule has 0 unspecified atom stereocenters. The fraction of sp³-hybridized carbons (Fsp3) is 0.929. The summed E-state index contributed by atoms with van der Waals surface area (Å²) in [6.07, 6.45) is 2.40. The van der Waals surface area contributed by atoms with Gasteiger partial charge < -0.3 is 10.1 Å². The zero-order valence-corrected chi connectivity index (χ0v) is 12.2. The van der Waals surface area contributed by atoms with Crippen LogP contribution in [-0.4, -0.2) is 49.2 Å². The minimum atomic E-state index is -0.104. The molecular formula is C14H28N2O2. The lowest BCUT2D eigenvalue weighted by Crippen LogP contribution is -2.42. The van der Waals surface area contributed by atoms with Gasteiger partial charge in [-0.1, -0.05) is 0 Å². The summed E-state index contributed by atoms with van der Waals surface area (Å²) in [7, 11) is 0. The summed E-state index contributed by atoms with van der Waals surface area (Å²) in [4.78, 5) is 14.0. The van der Waals surface area contributed by atoms with Crippen molar-refractivity contribution in [2.45, 2.75) is 52.7 Å². The zero-order valence-electron chi connectivity index (χ0n) is 12.2. The number of rotatable bonds is 6. The van der Waals surface area contributed by atoms with E-state index >= 15 is 0 Å². The van der Waals surface area contributed by atoms with Crippen molar-refractivity contribution in [1.29, 1.82) is 0 Å². The Labute approximate surface area is 111 Å². The van der Waals surface area contributed by atoms with Crippen LogP contribution in [0.15, 0.2) is 0 Å². The number of carbonyl (C=O) groups excluding carboxylic acids is 1. The Morgan fingerprint density at radius 3 is 2.39 bits per heavy atom. The van der Waals surface area contributed by atoms with Crippen LogP contribution in [0.2, 0.25) is 0 Å². The van der Waals surface area contributed by atoms with E-state index in [0.717, 1.165) is 19.6 Å². The highest BCUT2D eigenvalue weighted by molar-refractivity contribution is 5.71. The number of nitrogens with one attached hydrogen (secondary N) is 1. The third-order valence-corrected chi connectivity index (χ3v) is 3.38. The molecule has 1 aliphatic rings. The van der Waals surface area contributed by atoms with Gasteiger partial charge in [-0.3, -0.25) is 9.69 Å². The molecule has 1 heterocycles. The second kappa shape index (κ2) is 7.74. The molecule has 1 fully saturated rings. The quantitative estimate of drug-likeness (QED) is 0.734. The SMILES string of the molecule is CC(C)OC(=O)CN(CC1CCNCC1)C(C)C. The van der Waals surface area contributed by atoms with Crippen molar-refractivity contribution in [3.63, 3.8) is 0 Å². The van der Waals surface area contributed by atoms with E-state index in [1.807, 2.05) is 13.8 Å². The van der Waals surface area contributed by atoms with Gasteiger partial charge in [0, 0.05) is 12.6 Å². The molecule has 106 valence electrons. The van der Waals surface area contributed by atoms with E-state index in [9.17, 15) is 4.79 Å². The molecule has 0 radical (unpaired) electrons. The van der Waals surface area contributed by atoms with E-state index in [0.29, 0.717) is 18.5 Å². The van der Waals surface area contributed by atoms with Crippen LogP contribution >= 0.6 is 0 Å². The first-order chi connectivity index (χ1) is 8.49. The lowest BCUT2D eigenvalue weighted by molar-refractivity contribution is -0.149. The van der Waals surface area contributed by atoms with Gasteiger partial charge >= 0.3 is 5.97 Å². The maximum absolute atomic E-state index is 11.7. The third kappa shape index (κ3) is 5.83.